The lowest BCUT2D eigenvalue weighted by atomic mass is 10.1. The number of fused-ring (bicyclic) bond motifs is 3. The lowest BCUT2D eigenvalue weighted by Crippen LogP contribution is -2.42. The number of ether oxygens (including phenoxy) is 1. The zero-order valence-corrected chi connectivity index (χ0v) is 17.0. The van der Waals surface area contributed by atoms with Gasteiger partial charge in [0.1, 0.15) is 10.6 Å². The quantitative estimate of drug-likeness (QED) is 0.643. The average molecular weight is 393 g/mol. The molecule has 1 unspecified atom stereocenters. The van der Waals surface area contributed by atoms with Gasteiger partial charge in [-0.15, -0.1) is 11.3 Å². The molecule has 28 heavy (non-hydrogen) atoms. The Morgan fingerprint density at radius 2 is 2.07 bits per heavy atom. The van der Waals surface area contributed by atoms with Gasteiger partial charge >= 0.3 is 0 Å². The molecule has 1 N–H and O–H groups in total. The van der Waals surface area contributed by atoms with Gasteiger partial charge in [-0.05, 0) is 37.1 Å². The van der Waals surface area contributed by atoms with E-state index in [4.69, 9.17) is 4.74 Å². The molecule has 1 amide bonds. The second-order valence-electron chi connectivity index (χ2n) is 7.34. The van der Waals surface area contributed by atoms with Gasteiger partial charge < -0.3 is 15.0 Å². The van der Waals surface area contributed by atoms with Gasteiger partial charge in [0.05, 0.1) is 18.8 Å². The van der Waals surface area contributed by atoms with Gasteiger partial charge in [-0.1, -0.05) is 42.5 Å². The maximum atomic E-state index is 13.1. The number of thiophene rings is 1. The maximum Gasteiger partial charge on any atom is 0.263 e. The molecule has 1 aliphatic rings. The van der Waals surface area contributed by atoms with E-state index in [0.717, 1.165) is 51.5 Å². The number of methoxy groups -OCH3 is 1. The van der Waals surface area contributed by atoms with Crippen LogP contribution in [0.5, 0.6) is 5.75 Å². The number of nitrogens with zero attached hydrogens (tertiary/aromatic N) is 1. The average Bonchev–Trinajstić information content (AvgIpc) is 3.01. The summed E-state index contributed by atoms with van der Waals surface area (Å²) in [5.74, 6) is 0.800. The van der Waals surface area contributed by atoms with Crippen molar-refractivity contribution >= 4 is 33.0 Å². The molecular formula is C23H24N2O2S. The molecule has 0 bridgehead atoms. The Kier molecular flexibility index (Phi) is 5.09. The number of rotatable bonds is 5. The Labute approximate surface area is 169 Å². The zero-order chi connectivity index (χ0) is 19.7. The van der Waals surface area contributed by atoms with Crippen molar-refractivity contribution in [3.05, 3.63) is 71.1 Å². The van der Waals surface area contributed by atoms with Crippen LogP contribution in [-0.2, 0) is 6.42 Å². The summed E-state index contributed by atoms with van der Waals surface area (Å²) in [6.07, 6.45) is 0.801. The molecule has 0 fully saturated rings. The number of carbonyl (C=O) groups excluding carboxylic acids is 1. The molecular weight excluding hydrogens is 368 g/mol. The summed E-state index contributed by atoms with van der Waals surface area (Å²) < 4.78 is 6.52. The SMILES string of the molecule is C=C(C)CN1CC(Cc2ccccc2)NC(=O)c2sc3ccc(OC)cc3c21. The molecule has 1 aliphatic heterocycles. The van der Waals surface area contributed by atoms with Crippen molar-refractivity contribution in [3.63, 3.8) is 0 Å². The van der Waals surface area contributed by atoms with E-state index in [-0.39, 0.29) is 11.9 Å². The van der Waals surface area contributed by atoms with Gasteiger partial charge in [-0.3, -0.25) is 4.79 Å². The van der Waals surface area contributed by atoms with Crippen LogP contribution in [0.1, 0.15) is 22.2 Å². The molecule has 3 aromatic rings. The van der Waals surface area contributed by atoms with Crippen molar-refractivity contribution in [2.24, 2.45) is 0 Å². The van der Waals surface area contributed by atoms with Crippen LogP contribution in [0.15, 0.2) is 60.7 Å². The fourth-order valence-corrected chi connectivity index (χ4v) is 4.90. The molecule has 1 atom stereocenters. The van der Waals surface area contributed by atoms with E-state index in [1.165, 1.54) is 5.56 Å². The highest BCUT2D eigenvalue weighted by molar-refractivity contribution is 7.21. The minimum absolute atomic E-state index is 0.000290. The van der Waals surface area contributed by atoms with Crippen LogP contribution in [0, 0.1) is 0 Å². The molecule has 4 rings (SSSR count). The Morgan fingerprint density at radius 1 is 1.29 bits per heavy atom. The van der Waals surface area contributed by atoms with Crippen molar-refractivity contribution in [2.45, 2.75) is 19.4 Å². The van der Waals surface area contributed by atoms with Gasteiger partial charge in [0, 0.05) is 23.2 Å². The maximum absolute atomic E-state index is 13.1. The molecule has 0 spiro atoms. The largest absolute Gasteiger partial charge is 0.497 e. The number of benzene rings is 2. The predicted octanol–water partition coefficient (Wildman–Crippen LogP) is 4.65. The first-order valence-electron chi connectivity index (χ1n) is 9.40. The van der Waals surface area contributed by atoms with Gasteiger partial charge in [-0.2, -0.15) is 0 Å². The third kappa shape index (κ3) is 3.62. The molecule has 0 saturated heterocycles. The van der Waals surface area contributed by atoms with E-state index in [1.54, 1.807) is 18.4 Å². The standard InChI is InChI=1S/C23H24N2O2S/c1-15(2)13-25-14-17(11-16-7-5-4-6-8-16)24-23(26)22-21(25)19-12-18(27-3)9-10-20(19)28-22/h4-10,12,17H,1,11,13-14H2,2-3H3,(H,24,26). The topological polar surface area (TPSA) is 41.6 Å². The van der Waals surface area contributed by atoms with Crippen molar-refractivity contribution in [2.75, 3.05) is 25.1 Å². The number of hydrogen-bond donors (Lipinski definition) is 1. The molecule has 2 heterocycles. The van der Waals surface area contributed by atoms with Gasteiger partial charge in [0.15, 0.2) is 0 Å². The first-order valence-corrected chi connectivity index (χ1v) is 10.2. The Bertz CT molecular complexity index is 1030. The molecule has 0 aliphatic carbocycles. The van der Waals surface area contributed by atoms with Gasteiger partial charge in [0.25, 0.3) is 5.91 Å². The summed E-state index contributed by atoms with van der Waals surface area (Å²) in [5.41, 5.74) is 3.29. The lowest BCUT2D eigenvalue weighted by molar-refractivity contribution is 0.0946. The Hall–Kier alpha value is -2.79. The van der Waals surface area contributed by atoms with Crippen LogP contribution in [0.2, 0.25) is 0 Å². The van der Waals surface area contributed by atoms with Gasteiger partial charge in [0.2, 0.25) is 0 Å². The Balaban J connectivity index is 1.76. The van der Waals surface area contributed by atoms with Crippen LogP contribution >= 0.6 is 11.3 Å². The summed E-state index contributed by atoms with van der Waals surface area (Å²) in [4.78, 5) is 16.1. The minimum atomic E-state index is 0.000290. The van der Waals surface area contributed by atoms with Crippen molar-refractivity contribution in [3.8, 4) is 5.75 Å². The predicted molar refractivity (Wildman–Crippen MR) is 117 cm³/mol. The summed E-state index contributed by atoms with van der Waals surface area (Å²) in [6, 6.07) is 16.3. The molecule has 2 aromatic carbocycles. The fourth-order valence-electron chi connectivity index (χ4n) is 3.80. The van der Waals surface area contributed by atoms with Crippen LogP contribution in [0.25, 0.3) is 10.1 Å². The highest BCUT2D eigenvalue weighted by atomic mass is 32.1. The number of carbonyl (C=O) groups is 1. The molecule has 1 aromatic heterocycles. The number of nitrogens with one attached hydrogen (secondary N) is 1. The summed E-state index contributed by atoms with van der Waals surface area (Å²) in [6.45, 7) is 7.60. The number of hydrogen-bond acceptors (Lipinski definition) is 4. The van der Waals surface area contributed by atoms with Crippen LogP contribution in [0.3, 0.4) is 0 Å². The summed E-state index contributed by atoms with van der Waals surface area (Å²) >= 11 is 1.54. The highest BCUT2D eigenvalue weighted by Gasteiger charge is 2.30. The monoisotopic (exact) mass is 392 g/mol. The molecule has 0 saturated carbocycles. The minimum Gasteiger partial charge on any atom is -0.497 e. The summed E-state index contributed by atoms with van der Waals surface area (Å²) in [7, 11) is 1.67. The van der Waals surface area contributed by atoms with Crippen molar-refractivity contribution in [1.82, 2.24) is 5.32 Å². The first kappa shape index (κ1) is 18.6. The normalized spacial score (nSPS) is 16.4. The zero-order valence-electron chi connectivity index (χ0n) is 16.2. The molecule has 144 valence electrons. The van der Waals surface area contributed by atoms with E-state index < -0.39 is 0 Å². The second-order valence-corrected chi connectivity index (χ2v) is 8.39. The molecule has 0 radical (unpaired) electrons. The van der Waals surface area contributed by atoms with Crippen LogP contribution in [-0.4, -0.2) is 32.1 Å². The number of amides is 1. The van der Waals surface area contributed by atoms with Crippen LogP contribution < -0.4 is 15.0 Å². The van der Waals surface area contributed by atoms with E-state index in [1.807, 2.05) is 43.3 Å². The first-order chi connectivity index (χ1) is 13.5. The van der Waals surface area contributed by atoms with E-state index in [9.17, 15) is 4.79 Å². The molecule has 5 heteroatoms. The van der Waals surface area contributed by atoms with E-state index in [2.05, 4.69) is 28.9 Å². The second kappa shape index (κ2) is 7.68. The number of anilines is 1. The van der Waals surface area contributed by atoms with Crippen LogP contribution in [0.4, 0.5) is 5.69 Å². The third-order valence-corrected chi connectivity index (χ3v) is 6.11. The smallest absolute Gasteiger partial charge is 0.263 e. The lowest BCUT2D eigenvalue weighted by Gasteiger charge is -2.27. The van der Waals surface area contributed by atoms with Crippen molar-refractivity contribution in [1.29, 1.82) is 0 Å². The Morgan fingerprint density at radius 3 is 2.79 bits per heavy atom. The van der Waals surface area contributed by atoms with E-state index >= 15 is 0 Å². The molecule has 4 nitrogen and oxygen atoms in total. The highest BCUT2D eigenvalue weighted by Crippen LogP contribution is 2.41. The fraction of sp³-hybridized carbons (Fsp3) is 0.261. The van der Waals surface area contributed by atoms with Gasteiger partial charge in [-0.25, -0.2) is 0 Å². The summed E-state index contributed by atoms with van der Waals surface area (Å²) in [5, 5.41) is 4.31. The van der Waals surface area contributed by atoms with E-state index in [0.29, 0.717) is 0 Å². The third-order valence-electron chi connectivity index (χ3n) is 4.95. The van der Waals surface area contributed by atoms with Crippen molar-refractivity contribution < 1.29 is 9.53 Å².